The molecule has 2 amide bonds. The average molecular weight is 714 g/mol. The molecule has 1 aliphatic carbocycles. The molecule has 0 radical (unpaired) electrons. The van der Waals surface area contributed by atoms with Crippen molar-refractivity contribution in [2.24, 2.45) is 0 Å². The van der Waals surface area contributed by atoms with Gasteiger partial charge < -0.3 is 24.4 Å². The highest BCUT2D eigenvalue weighted by atomic mass is 32.2. The fourth-order valence-electron chi connectivity index (χ4n) is 6.41. The number of anilines is 1. The molecule has 0 saturated heterocycles. The van der Waals surface area contributed by atoms with Crippen LogP contribution in [0.15, 0.2) is 102 Å². The minimum absolute atomic E-state index is 0.00322. The zero-order chi connectivity index (χ0) is 36.4. The number of ether oxygens (including phenoxy) is 3. The molecule has 1 aliphatic rings. The number of carbonyl (C=O) groups is 2. The Morgan fingerprint density at radius 2 is 1.47 bits per heavy atom. The highest BCUT2D eigenvalue weighted by molar-refractivity contribution is 7.92. The van der Waals surface area contributed by atoms with Crippen LogP contribution in [-0.2, 0) is 32.6 Å². The molecular weight excluding hydrogens is 667 g/mol. The summed E-state index contributed by atoms with van der Waals surface area (Å²) in [6.07, 6.45) is 5.15. The molecule has 1 atom stereocenters. The number of rotatable bonds is 15. The largest absolute Gasteiger partial charge is 0.497 e. The van der Waals surface area contributed by atoms with E-state index in [4.69, 9.17) is 14.2 Å². The van der Waals surface area contributed by atoms with Crippen LogP contribution in [0.1, 0.15) is 48.8 Å². The number of nitrogens with zero attached hydrogens (tertiary/aromatic N) is 2. The molecule has 4 aromatic rings. The number of benzene rings is 4. The van der Waals surface area contributed by atoms with E-state index in [0.29, 0.717) is 17.2 Å². The number of nitrogens with one attached hydrogen (secondary N) is 1. The van der Waals surface area contributed by atoms with Gasteiger partial charge >= 0.3 is 0 Å². The molecule has 51 heavy (non-hydrogen) atoms. The number of aryl methyl sites for hydroxylation is 1. The highest BCUT2D eigenvalue weighted by Crippen LogP contribution is 2.34. The molecule has 4 aromatic carbocycles. The second kappa shape index (κ2) is 17.3. The Kier molecular flexibility index (Phi) is 12.6. The van der Waals surface area contributed by atoms with Crippen LogP contribution in [0.25, 0.3) is 0 Å². The van der Waals surface area contributed by atoms with Gasteiger partial charge in [0.25, 0.3) is 10.0 Å². The third kappa shape index (κ3) is 9.40. The van der Waals surface area contributed by atoms with Gasteiger partial charge in [-0.15, -0.1) is 0 Å². The zero-order valence-corrected chi connectivity index (χ0v) is 30.5. The first-order valence-electron chi connectivity index (χ1n) is 17.2. The average Bonchev–Trinajstić information content (AvgIpc) is 3.15. The van der Waals surface area contributed by atoms with Crippen molar-refractivity contribution in [3.8, 4) is 17.2 Å². The molecule has 1 unspecified atom stereocenters. The second-order valence-corrected chi connectivity index (χ2v) is 14.6. The molecule has 11 heteroatoms. The Bertz CT molecular complexity index is 1880. The summed E-state index contributed by atoms with van der Waals surface area (Å²) in [5, 5.41) is 3.24. The number of hydrogen-bond acceptors (Lipinski definition) is 7. The van der Waals surface area contributed by atoms with Gasteiger partial charge in [-0.2, -0.15) is 0 Å². The Labute approximate surface area is 301 Å². The van der Waals surface area contributed by atoms with Crippen LogP contribution < -0.4 is 23.8 Å². The van der Waals surface area contributed by atoms with Gasteiger partial charge in [0.2, 0.25) is 11.8 Å². The minimum Gasteiger partial charge on any atom is -0.497 e. The third-order valence-corrected chi connectivity index (χ3v) is 11.0. The monoisotopic (exact) mass is 713 g/mol. The van der Waals surface area contributed by atoms with Gasteiger partial charge in [-0.05, 0) is 67.3 Å². The minimum atomic E-state index is -4.29. The van der Waals surface area contributed by atoms with E-state index in [1.54, 1.807) is 37.4 Å². The number of hydrogen-bond donors (Lipinski definition) is 1. The van der Waals surface area contributed by atoms with Crippen LogP contribution >= 0.6 is 0 Å². The highest BCUT2D eigenvalue weighted by Gasteiger charge is 2.36. The molecule has 1 fully saturated rings. The van der Waals surface area contributed by atoms with Crippen LogP contribution in [0.3, 0.4) is 0 Å². The normalized spacial score (nSPS) is 13.9. The smallest absolute Gasteiger partial charge is 0.264 e. The van der Waals surface area contributed by atoms with E-state index in [-0.39, 0.29) is 35.5 Å². The molecule has 5 rings (SSSR count). The molecule has 1 saturated carbocycles. The summed E-state index contributed by atoms with van der Waals surface area (Å²) in [4.78, 5) is 30.7. The van der Waals surface area contributed by atoms with Crippen LogP contribution in [-0.4, -0.2) is 65.1 Å². The lowest BCUT2D eigenvalue weighted by atomic mass is 9.94. The van der Waals surface area contributed by atoms with Crippen LogP contribution in [0, 0.1) is 6.92 Å². The Hall–Kier alpha value is -5.03. The third-order valence-electron chi connectivity index (χ3n) is 9.25. The van der Waals surface area contributed by atoms with E-state index in [1.807, 2.05) is 55.5 Å². The van der Waals surface area contributed by atoms with Crippen molar-refractivity contribution in [3.05, 3.63) is 114 Å². The molecule has 0 spiro atoms. The first-order chi connectivity index (χ1) is 24.6. The Balaban J connectivity index is 1.60. The van der Waals surface area contributed by atoms with Gasteiger partial charge in [0.05, 0.1) is 31.9 Å². The summed E-state index contributed by atoms with van der Waals surface area (Å²) in [7, 11) is 0.227. The van der Waals surface area contributed by atoms with Gasteiger partial charge in [-0.25, -0.2) is 8.42 Å². The summed E-state index contributed by atoms with van der Waals surface area (Å²) in [5.41, 5.74) is 2.69. The van der Waals surface area contributed by atoms with Crippen molar-refractivity contribution < 1.29 is 32.2 Å². The SMILES string of the molecule is COc1cccc(CN(C(=O)CN(c2ccc(OC)c(OC)c2)S(=O)(=O)c2ccc(C)cc2)C(Cc2ccccc2)C(=O)NC2CCCCC2)c1. The number of sulfonamides is 1. The topological polar surface area (TPSA) is 114 Å². The molecule has 0 aromatic heterocycles. The maximum Gasteiger partial charge on any atom is 0.264 e. The fraction of sp³-hybridized carbons (Fsp3) is 0.350. The van der Waals surface area contributed by atoms with E-state index >= 15 is 0 Å². The maximum absolute atomic E-state index is 14.9. The summed E-state index contributed by atoms with van der Waals surface area (Å²) < 4.78 is 46.4. The van der Waals surface area contributed by atoms with E-state index in [9.17, 15) is 18.0 Å². The van der Waals surface area contributed by atoms with Gasteiger partial charge in [0.1, 0.15) is 18.3 Å². The lowest BCUT2D eigenvalue weighted by Gasteiger charge is -2.35. The summed E-state index contributed by atoms with van der Waals surface area (Å²) in [6, 6.07) is 27.1. The number of methoxy groups -OCH3 is 3. The van der Waals surface area contributed by atoms with E-state index < -0.39 is 28.5 Å². The van der Waals surface area contributed by atoms with Crippen molar-refractivity contribution >= 4 is 27.5 Å². The Morgan fingerprint density at radius 3 is 2.14 bits per heavy atom. The van der Waals surface area contributed by atoms with E-state index in [2.05, 4.69) is 5.32 Å². The van der Waals surface area contributed by atoms with E-state index in [0.717, 1.165) is 53.1 Å². The van der Waals surface area contributed by atoms with Crippen LogP contribution in [0.4, 0.5) is 5.69 Å². The van der Waals surface area contributed by atoms with E-state index in [1.165, 1.54) is 37.3 Å². The van der Waals surface area contributed by atoms with Crippen LogP contribution in [0.5, 0.6) is 17.2 Å². The first kappa shape index (κ1) is 37.2. The summed E-state index contributed by atoms with van der Waals surface area (Å²) >= 11 is 0. The molecular formula is C40H47N3O7S. The molecule has 0 heterocycles. The summed E-state index contributed by atoms with van der Waals surface area (Å²) in [6.45, 7) is 1.32. The zero-order valence-electron chi connectivity index (χ0n) is 29.7. The van der Waals surface area contributed by atoms with Crippen molar-refractivity contribution in [3.63, 3.8) is 0 Å². The van der Waals surface area contributed by atoms with Crippen LogP contribution in [0.2, 0.25) is 0 Å². The number of carbonyl (C=O) groups excluding carboxylic acids is 2. The van der Waals surface area contributed by atoms with Gasteiger partial charge in [0, 0.05) is 25.1 Å². The van der Waals surface area contributed by atoms with Crippen molar-refractivity contribution in [1.29, 1.82) is 0 Å². The molecule has 0 aliphatic heterocycles. The van der Waals surface area contributed by atoms with Gasteiger partial charge in [-0.3, -0.25) is 13.9 Å². The lowest BCUT2D eigenvalue weighted by molar-refractivity contribution is -0.140. The maximum atomic E-state index is 14.9. The van der Waals surface area contributed by atoms with Crippen molar-refractivity contribution in [1.82, 2.24) is 10.2 Å². The first-order valence-corrected chi connectivity index (χ1v) is 18.6. The van der Waals surface area contributed by atoms with Gasteiger partial charge in [-0.1, -0.05) is 79.4 Å². The lowest BCUT2D eigenvalue weighted by Crippen LogP contribution is -2.55. The molecule has 10 nitrogen and oxygen atoms in total. The number of amides is 2. The quantitative estimate of drug-likeness (QED) is 0.154. The predicted molar refractivity (Wildman–Crippen MR) is 198 cm³/mol. The van der Waals surface area contributed by atoms with Gasteiger partial charge in [0.15, 0.2) is 11.5 Å². The molecule has 270 valence electrons. The molecule has 0 bridgehead atoms. The van der Waals surface area contributed by atoms with Crippen molar-refractivity contribution in [2.45, 2.75) is 69.0 Å². The van der Waals surface area contributed by atoms with Crippen molar-refractivity contribution in [2.75, 3.05) is 32.2 Å². The summed E-state index contributed by atoms with van der Waals surface area (Å²) in [5.74, 6) is 0.472. The molecule has 1 N–H and O–H groups in total. The second-order valence-electron chi connectivity index (χ2n) is 12.8. The predicted octanol–water partition coefficient (Wildman–Crippen LogP) is 6.31. The standard InChI is InChI=1S/C40H47N3O7S/c1-29-18-21-35(22-19-29)51(46,47)43(33-20-23-37(49-3)38(26-33)50-4)28-39(44)42(27-31-14-11-17-34(24-31)48-2)36(25-30-12-7-5-8-13-30)40(45)41-32-15-9-6-10-16-32/h5,7-8,11-14,17-24,26,32,36H,6,9-10,15-16,25,27-28H2,1-4H3,(H,41,45). The fourth-order valence-corrected chi connectivity index (χ4v) is 7.82. The Morgan fingerprint density at radius 1 is 0.784 bits per heavy atom.